The Bertz CT molecular complexity index is 595. The summed E-state index contributed by atoms with van der Waals surface area (Å²) in [6.45, 7) is 8.28. The minimum atomic E-state index is 0.0155. The molecule has 1 unspecified atom stereocenters. The maximum Gasteiger partial charge on any atom is 0.123 e. The number of hydrogen-bond donors (Lipinski definition) is 2. The summed E-state index contributed by atoms with van der Waals surface area (Å²) < 4.78 is 0. The number of hydrogen-bond acceptors (Lipinski definition) is 3. The number of thioether (sulfide) groups is 1. The third-order valence-corrected chi connectivity index (χ3v) is 5.67. The Morgan fingerprint density at radius 1 is 1.25 bits per heavy atom. The molecule has 0 amide bonds. The predicted molar refractivity (Wildman–Crippen MR) is 105 cm³/mol. The van der Waals surface area contributed by atoms with Crippen LogP contribution in [-0.4, -0.2) is 22.2 Å². The molecule has 2 N–H and O–H groups in total. The second kappa shape index (κ2) is 8.66. The Hall–Kier alpha value is -1.35. The molecule has 2 nitrogen and oxygen atoms in total. The molecule has 0 aliphatic heterocycles. The molecule has 0 fully saturated rings. The van der Waals surface area contributed by atoms with Crippen molar-refractivity contribution in [2.75, 3.05) is 12.0 Å². The molecular weight excluding hydrogens is 316 g/mol. The summed E-state index contributed by atoms with van der Waals surface area (Å²) in [7, 11) is 0. The normalized spacial score (nSPS) is 20.7. The van der Waals surface area contributed by atoms with Gasteiger partial charge in [-0.1, -0.05) is 23.8 Å². The van der Waals surface area contributed by atoms with Crippen LogP contribution in [0.15, 0.2) is 35.9 Å². The lowest BCUT2D eigenvalue weighted by Crippen LogP contribution is -2.17. The number of allylic oxidation sites excluding steroid dienone is 3. The topological polar surface area (TPSA) is 40.5 Å². The van der Waals surface area contributed by atoms with Crippen LogP contribution < -0.4 is 0 Å². The highest BCUT2D eigenvalue weighted by Crippen LogP contribution is 2.46. The molecule has 1 aromatic rings. The summed E-state index contributed by atoms with van der Waals surface area (Å²) in [4.78, 5) is 0. The van der Waals surface area contributed by atoms with Gasteiger partial charge in [0.05, 0.1) is 0 Å². The fraction of sp³-hybridized carbons (Fsp3) is 0.524. The molecule has 1 aliphatic rings. The number of phenols is 2. The van der Waals surface area contributed by atoms with E-state index in [9.17, 15) is 10.2 Å². The average Bonchev–Trinajstić information content (AvgIpc) is 2.51. The number of unbranched alkanes of at least 4 members (excludes halogenated alkanes) is 1. The van der Waals surface area contributed by atoms with Crippen molar-refractivity contribution >= 4 is 11.8 Å². The number of aromatic hydroxyl groups is 2. The second-order valence-corrected chi connectivity index (χ2v) is 8.01. The van der Waals surface area contributed by atoms with Gasteiger partial charge in [0.15, 0.2) is 0 Å². The van der Waals surface area contributed by atoms with Gasteiger partial charge in [-0.05, 0) is 81.6 Å². The summed E-state index contributed by atoms with van der Waals surface area (Å²) in [5.74, 6) is 1.89. The van der Waals surface area contributed by atoms with E-state index in [1.807, 2.05) is 30.8 Å². The molecule has 3 heteroatoms. The van der Waals surface area contributed by atoms with Gasteiger partial charge in [0, 0.05) is 11.5 Å². The van der Waals surface area contributed by atoms with E-state index < -0.39 is 0 Å². The average molecular weight is 347 g/mol. The van der Waals surface area contributed by atoms with Gasteiger partial charge in [0.1, 0.15) is 11.5 Å². The van der Waals surface area contributed by atoms with Crippen LogP contribution in [0.25, 0.3) is 0 Å². The van der Waals surface area contributed by atoms with Crippen molar-refractivity contribution in [3.05, 3.63) is 47.1 Å². The van der Waals surface area contributed by atoms with E-state index in [0.29, 0.717) is 5.56 Å². The smallest absolute Gasteiger partial charge is 0.123 e. The first kappa shape index (κ1) is 19.0. The fourth-order valence-electron chi connectivity index (χ4n) is 3.65. The van der Waals surface area contributed by atoms with Gasteiger partial charge in [0.25, 0.3) is 0 Å². The van der Waals surface area contributed by atoms with Crippen LogP contribution in [0.1, 0.15) is 56.6 Å². The van der Waals surface area contributed by atoms with E-state index >= 15 is 0 Å². The number of benzene rings is 1. The first-order valence-electron chi connectivity index (χ1n) is 8.80. The zero-order valence-corrected chi connectivity index (χ0v) is 16.0. The molecule has 132 valence electrons. The van der Waals surface area contributed by atoms with E-state index in [4.69, 9.17) is 0 Å². The maximum absolute atomic E-state index is 10.6. The molecule has 0 heterocycles. The van der Waals surface area contributed by atoms with Crippen LogP contribution >= 0.6 is 11.8 Å². The molecule has 1 aromatic carbocycles. The van der Waals surface area contributed by atoms with Gasteiger partial charge in [-0.15, -0.1) is 0 Å². The lowest BCUT2D eigenvalue weighted by molar-refractivity contribution is 0.406. The van der Waals surface area contributed by atoms with Gasteiger partial charge in [-0.3, -0.25) is 0 Å². The monoisotopic (exact) mass is 346 g/mol. The van der Waals surface area contributed by atoms with Crippen molar-refractivity contribution in [2.45, 2.75) is 51.9 Å². The van der Waals surface area contributed by atoms with E-state index in [2.05, 4.69) is 25.8 Å². The Morgan fingerprint density at radius 3 is 2.50 bits per heavy atom. The second-order valence-electron chi connectivity index (χ2n) is 7.03. The summed E-state index contributed by atoms with van der Waals surface area (Å²) in [6, 6.07) is 3.67. The quantitative estimate of drug-likeness (QED) is 0.484. The molecule has 1 aliphatic carbocycles. The highest BCUT2D eigenvalue weighted by atomic mass is 32.2. The van der Waals surface area contributed by atoms with Gasteiger partial charge in [-0.25, -0.2) is 0 Å². The number of phenolic OH excluding ortho intramolecular Hbond substituents is 2. The van der Waals surface area contributed by atoms with Gasteiger partial charge in [-0.2, -0.15) is 11.8 Å². The van der Waals surface area contributed by atoms with Crippen LogP contribution in [0.3, 0.4) is 0 Å². The molecule has 0 spiro atoms. The minimum absolute atomic E-state index is 0.0155. The summed E-state index contributed by atoms with van der Waals surface area (Å²) in [6.07, 6.45) is 9.52. The van der Waals surface area contributed by atoms with Crippen molar-refractivity contribution in [3.8, 4) is 11.5 Å². The van der Waals surface area contributed by atoms with Crippen molar-refractivity contribution in [3.63, 3.8) is 0 Å². The Morgan fingerprint density at radius 2 is 1.92 bits per heavy atom. The first-order valence-corrected chi connectivity index (χ1v) is 10.2. The molecule has 2 rings (SSSR count). The largest absolute Gasteiger partial charge is 0.507 e. The van der Waals surface area contributed by atoms with E-state index in [1.54, 1.807) is 0 Å². The molecule has 2 atom stereocenters. The zero-order chi connectivity index (χ0) is 17.7. The highest BCUT2D eigenvalue weighted by molar-refractivity contribution is 7.98. The van der Waals surface area contributed by atoms with E-state index in [-0.39, 0.29) is 23.3 Å². The van der Waals surface area contributed by atoms with Crippen LogP contribution in [-0.2, 0) is 6.42 Å². The van der Waals surface area contributed by atoms with Gasteiger partial charge < -0.3 is 10.2 Å². The Balaban J connectivity index is 2.26. The van der Waals surface area contributed by atoms with E-state index in [0.717, 1.165) is 49.0 Å². The molecular formula is C21H30O2S. The predicted octanol–water partition coefficient (Wildman–Crippen LogP) is 5.80. The lowest BCUT2D eigenvalue weighted by Gasteiger charge is -2.31. The first-order chi connectivity index (χ1) is 11.4. The number of rotatable bonds is 7. The molecule has 0 saturated heterocycles. The highest BCUT2D eigenvalue weighted by Gasteiger charge is 2.30. The number of aryl methyl sites for hydroxylation is 1. The summed E-state index contributed by atoms with van der Waals surface area (Å²) in [5, 5.41) is 21.2. The molecule has 0 radical (unpaired) electrons. The Labute approximate surface area is 150 Å². The van der Waals surface area contributed by atoms with Crippen LogP contribution in [0.4, 0.5) is 0 Å². The Kier molecular flexibility index (Phi) is 6.85. The molecule has 0 saturated carbocycles. The third kappa shape index (κ3) is 4.60. The van der Waals surface area contributed by atoms with Gasteiger partial charge >= 0.3 is 0 Å². The van der Waals surface area contributed by atoms with Crippen molar-refractivity contribution < 1.29 is 10.2 Å². The van der Waals surface area contributed by atoms with Crippen LogP contribution in [0.5, 0.6) is 11.5 Å². The van der Waals surface area contributed by atoms with E-state index in [1.165, 1.54) is 5.57 Å². The van der Waals surface area contributed by atoms with Crippen molar-refractivity contribution in [2.24, 2.45) is 5.92 Å². The van der Waals surface area contributed by atoms with Crippen LogP contribution in [0.2, 0.25) is 0 Å². The van der Waals surface area contributed by atoms with Gasteiger partial charge in [0.2, 0.25) is 0 Å². The zero-order valence-electron chi connectivity index (χ0n) is 15.1. The SMILES string of the molecule is C=C(C)C1CCC(C)=C[C@H]1c1c(O)cc(CCCCSC)cc1O. The van der Waals surface area contributed by atoms with Crippen molar-refractivity contribution in [1.29, 1.82) is 0 Å². The fourth-order valence-corrected chi connectivity index (χ4v) is 4.14. The molecule has 0 aromatic heterocycles. The maximum atomic E-state index is 10.6. The molecule has 24 heavy (non-hydrogen) atoms. The standard InChI is InChI=1S/C21H30O2S/c1-14(2)17-9-8-15(3)11-18(17)21-19(22)12-16(13-20(21)23)7-5-6-10-24-4/h11-13,17-18,22-23H,1,5-10H2,2-4H3/t17?,18-/m1/s1. The van der Waals surface area contributed by atoms with Crippen LogP contribution in [0, 0.1) is 5.92 Å². The lowest BCUT2D eigenvalue weighted by atomic mass is 9.73. The minimum Gasteiger partial charge on any atom is -0.507 e. The molecule has 0 bridgehead atoms. The summed E-state index contributed by atoms with van der Waals surface area (Å²) in [5.41, 5.74) is 4.11. The third-order valence-electron chi connectivity index (χ3n) is 4.97. The van der Waals surface area contributed by atoms with Crippen molar-refractivity contribution in [1.82, 2.24) is 0 Å². The summed E-state index contributed by atoms with van der Waals surface area (Å²) >= 11 is 1.85.